The molecule has 1 amide bonds. The number of nitrogens with zero attached hydrogens (tertiary/aromatic N) is 3. The minimum atomic E-state index is 0.0645. The van der Waals surface area contributed by atoms with Crippen LogP contribution >= 0.6 is 0 Å². The first-order valence-corrected chi connectivity index (χ1v) is 7.56. The summed E-state index contributed by atoms with van der Waals surface area (Å²) in [5.74, 6) is 0.931. The highest BCUT2D eigenvalue weighted by Gasteiger charge is 2.09. The van der Waals surface area contributed by atoms with Crippen LogP contribution in [0.2, 0.25) is 0 Å². The lowest BCUT2D eigenvalue weighted by Crippen LogP contribution is -2.27. The van der Waals surface area contributed by atoms with Crippen LogP contribution in [0.4, 0.5) is 5.82 Å². The van der Waals surface area contributed by atoms with Gasteiger partial charge in [0.15, 0.2) is 0 Å². The maximum atomic E-state index is 11.8. The lowest BCUT2D eigenvalue weighted by atomic mass is 10.2. The van der Waals surface area contributed by atoms with Crippen LogP contribution in [0.5, 0.6) is 0 Å². The van der Waals surface area contributed by atoms with Crippen LogP contribution < -0.4 is 10.6 Å². The van der Waals surface area contributed by atoms with Crippen molar-refractivity contribution < 1.29 is 4.79 Å². The maximum Gasteiger partial charge on any atom is 0.222 e. The van der Waals surface area contributed by atoms with E-state index in [0.717, 1.165) is 24.3 Å². The van der Waals surface area contributed by atoms with Crippen LogP contribution in [-0.4, -0.2) is 33.5 Å². The largest absolute Gasteiger partial charge is 0.370 e. The zero-order chi connectivity index (χ0) is 15.8. The summed E-state index contributed by atoms with van der Waals surface area (Å²) < 4.78 is 1.93. The molecule has 0 fully saturated rings. The van der Waals surface area contributed by atoms with Crippen molar-refractivity contribution in [2.45, 2.75) is 32.7 Å². The molecule has 2 heterocycles. The van der Waals surface area contributed by atoms with Crippen LogP contribution in [0.3, 0.4) is 0 Å². The third-order valence-electron chi connectivity index (χ3n) is 3.41. The number of hydrogen-bond donors (Lipinski definition) is 2. The third kappa shape index (κ3) is 5.20. The first kappa shape index (κ1) is 16.0. The van der Waals surface area contributed by atoms with Gasteiger partial charge in [-0.25, -0.2) is 9.97 Å². The van der Waals surface area contributed by atoms with Crippen molar-refractivity contribution in [2.75, 3.05) is 18.4 Å². The number of hydrogen-bond acceptors (Lipinski definition) is 4. The van der Waals surface area contributed by atoms with Gasteiger partial charge < -0.3 is 15.2 Å². The molecule has 0 radical (unpaired) electrons. The fourth-order valence-corrected chi connectivity index (χ4v) is 2.08. The number of pyridine rings is 1. The van der Waals surface area contributed by atoms with Gasteiger partial charge in [-0.3, -0.25) is 4.79 Å². The average molecular weight is 301 g/mol. The quantitative estimate of drug-likeness (QED) is 0.733. The molecule has 1 unspecified atom stereocenters. The minimum Gasteiger partial charge on any atom is -0.370 e. The van der Waals surface area contributed by atoms with Crippen LogP contribution in [-0.2, 0) is 4.79 Å². The van der Waals surface area contributed by atoms with Crippen molar-refractivity contribution in [1.29, 1.82) is 0 Å². The van der Waals surface area contributed by atoms with Crippen molar-refractivity contribution in [3.8, 4) is 0 Å². The number of nitrogens with one attached hydrogen (secondary N) is 2. The molecule has 0 bridgehead atoms. The molecule has 22 heavy (non-hydrogen) atoms. The molecular weight excluding hydrogens is 278 g/mol. The Kier molecular flexibility index (Phi) is 5.94. The predicted molar refractivity (Wildman–Crippen MR) is 86.6 cm³/mol. The zero-order valence-corrected chi connectivity index (χ0v) is 13.1. The van der Waals surface area contributed by atoms with E-state index in [-0.39, 0.29) is 11.9 Å². The van der Waals surface area contributed by atoms with Gasteiger partial charge in [-0.15, -0.1) is 0 Å². The maximum absolute atomic E-state index is 11.8. The summed E-state index contributed by atoms with van der Waals surface area (Å²) >= 11 is 0. The number of carbonyl (C=O) groups is 1. The third-order valence-corrected chi connectivity index (χ3v) is 3.41. The van der Waals surface area contributed by atoms with Gasteiger partial charge in [0.1, 0.15) is 5.82 Å². The van der Waals surface area contributed by atoms with E-state index in [0.29, 0.717) is 13.0 Å². The molecule has 2 rings (SSSR count). The van der Waals surface area contributed by atoms with E-state index in [9.17, 15) is 4.79 Å². The molecule has 2 aromatic heterocycles. The standard InChI is InChI=1S/C16H23N5O/c1-13-4-5-15(20-11-13)18-6-3-7-19-16(22)10-14(2)21-9-8-17-12-21/h4-5,8-9,11-12,14H,3,6-7,10H2,1-2H3,(H,18,20)(H,19,22). The molecule has 0 saturated carbocycles. The van der Waals surface area contributed by atoms with Crippen LogP contribution in [0, 0.1) is 6.92 Å². The molecule has 6 nitrogen and oxygen atoms in total. The Morgan fingerprint density at radius 3 is 2.91 bits per heavy atom. The molecule has 0 aliphatic rings. The van der Waals surface area contributed by atoms with E-state index in [1.165, 1.54) is 0 Å². The monoisotopic (exact) mass is 301 g/mol. The zero-order valence-electron chi connectivity index (χ0n) is 13.1. The summed E-state index contributed by atoms with van der Waals surface area (Å²) in [5.41, 5.74) is 1.14. The van der Waals surface area contributed by atoms with E-state index < -0.39 is 0 Å². The second kappa shape index (κ2) is 8.17. The van der Waals surface area contributed by atoms with E-state index in [1.54, 1.807) is 12.5 Å². The highest BCUT2D eigenvalue weighted by Crippen LogP contribution is 2.09. The van der Waals surface area contributed by atoms with Gasteiger partial charge in [-0.05, 0) is 31.9 Å². The Labute approximate surface area is 131 Å². The molecule has 0 aliphatic carbocycles. The van der Waals surface area contributed by atoms with Crippen LogP contribution in [0.15, 0.2) is 37.1 Å². The van der Waals surface area contributed by atoms with Gasteiger partial charge in [0, 0.05) is 44.1 Å². The molecule has 0 saturated heterocycles. The van der Waals surface area contributed by atoms with Crippen molar-refractivity contribution >= 4 is 11.7 Å². The molecule has 6 heteroatoms. The van der Waals surface area contributed by atoms with E-state index >= 15 is 0 Å². The van der Waals surface area contributed by atoms with Crippen molar-refractivity contribution in [3.05, 3.63) is 42.6 Å². The van der Waals surface area contributed by atoms with Gasteiger partial charge in [0.25, 0.3) is 0 Å². The molecule has 1 atom stereocenters. The van der Waals surface area contributed by atoms with Gasteiger partial charge >= 0.3 is 0 Å². The molecule has 118 valence electrons. The summed E-state index contributed by atoms with van der Waals surface area (Å²) in [7, 11) is 0. The van der Waals surface area contributed by atoms with Crippen molar-refractivity contribution in [2.24, 2.45) is 0 Å². The number of aromatic nitrogens is 3. The Morgan fingerprint density at radius 1 is 1.36 bits per heavy atom. The Balaban J connectivity index is 1.58. The minimum absolute atomic E-state index is 0.0645. The topological polar surface area (TPSA) is 71.8 Å². The second-order valence-corrected chi connectivity index (χ2v) is 5.41. The number of rotatable bonds is 8. The van der Waals surface area contributed by atoms with Crippen molar-refractivity contribution in [1.82, 2.24) is 19.9 Å². The average Bonchev–Trinajstić information content (AvgIpc) is 3.03. The van der Waals surface area contributed by atoms with Gasteiger partial charge in [-0.2, -0.15) is 0 Å². The van der Waals surface area contributed by atoms with Gasteiger partial charge in [-0.1, -0.05) is 6.07 Å². The summed E-state index contributed by atoms with van der Waals surface area (Å²) in [4.78, 5) is 20.1. The molecule has 0 aromatic carbocycles. The number of aryl methyl sites for hydroxylation is 1. The molecule has 2 aromatic rings. The Hall–Kier alpha value is -2.37. The fourth-order valence-electron chi connectivity index (χ4n) is 2.08. The van der Waals surface area contributed by atoms with Gasteiger partial charge in [0.05, 0.1) is 6.33 Å². The first-order chi connectivity index (χ1) is 10.6. The second-order valence-electron chi connectivity index (χ2n) is 5.41. The van der Waals surface area contributed by atoms with Crippen molar-refractivity contribution in [3.63, 3.8) is 0 Å². The van der Waals surface area contributed by atoms with E-state index in [4.69, 9.17) is 0 Å². The smallest absolute Gasteiger partial charge is 0.222 e. The molecular formula is C16H23N5O. The summed E-state index contributed by atoms with van der Waals surface area (Å²) in [6.45, 7) is 5.46. The van der Waals surface area contributed by atoms with E-state index in [2.05, 4.69) is 20.6 Å². The van der Waals surface area contributed by atoms with Crippen LogP contribution in [0.25, 0.3) is 0 Å². The summed E-state index contributed by atoms with van der Waals surface area (Å²) in [6, 6.07) is 4.10. The Morgan fingerprint density at radius 2 is 2.23 bits per heavy atom. The highest BCUT2D eigenvalue weighted by molar-refractivity contribution is 5.76. The van der Waals surface area contributed by atoms with Crippen LogP contribution in [0.1, 0.15) is 31.4 Å². The summed E-state index contributed by atoms with van der Waals surface area (Å²) in [5, 5.41) is 6.17. The summed E-state index contributed by atoms with van der Waals surface area (Å²) in [6.07, 6.45) is 8.48. The Bertz CT molecular complexity index is 565. The lowest BCUT2D eigenvalue weighted by Gasteiger charge is -2.13. The highest BCUT2D eigenvalue weighted by atomic mass is 16.1. The molecule has 0 spiro atoms. The number of imidazole rings is 1. The van der Waals surface area contributed by atoms with Gasteiger partial charge in [0.2, 0.25) is 5.91 Å². The number of carbonyl (C=O) groups excluding carboxylic acids is 1. The normalized spacial score (nSPS) is 11.9. The van der Waals surface area contributed by atoms with E-state index in [1.807, 2.05) is 42.9 Å². The SMILES string of the molecule is Cc1ccc(NCCCNC(=O)CC(C)n2ccnc2)nc1. The predicted octanol–water partition coefficient (Wildman–Crippen LogP) is 2.16. The number of amides is 1. The molecule has 0 aliphatic heterocycles. The number of anilines is 1. The fraction of sp³-hybridized carbons (Fsp3) is 0.438. The lowest BCUT2D eigenvalue weighted by molar-refractivity contribution is -0.121. The molecule has 2 N–H and O–H groups in total. The first-order valence-electron chi connectivity index (χ1n) is 7.56.